The van der Waals surface area contributed by atoms with Gasteiger partial charge in [-0.25, -0.2) is 9.50 Å². The summed E-state index contributed by atoms with van der Waals surface area (Å²) in [4.78, 5) is 28.1. The van der Waals surface area contributed by atoms with Crippen LogP contribution in [-0.4, -0.2) is 45.2 Å². The SMILES string of the molecule is O=C(CCC(F)(F)F)NC[C@@H]1CCC[C@H](NC(=O)c2cc3ncccn3n2)C1. The fourth-order valence-corrected chi connectivity index (χ4v) is 3.41. The van der Waals surface area contributed by atoms with Gasteiger partial charge in [0, 0.05) is 37.5 Å². The van der Waals surface area contributed by atoms with Gasteiger partial charge in [-0.2, -0.15) is 18.3 Å². The Balaban J connectivity index is 1.46. The van der Waals surface area contributed by atoms with Gasteiger partial charge < -0.3 is 10.6 Å². The van der Waals surface area contributed by atoms with Crippen LogP contribution in [0.1, 0.15) is 49.0 Å². The molecule has 0 unspecified atom stereocenters. The van der Waals surface area contributed by atoms with Crippen molar-refractivity contribution in [3.05, 3.63) is 30.2 Å². The van der Waals surface area contributed by atoms with Crippen LogP contribution in [0.25, 0.3) is 5.65 Å². The molecule has 2 heterocycles. The quantitative estimate of drug-likeness (QED) is 0.784. The summed E-state index contributed by atoms with van der Waals surface area (Å²) >= 11 is 0. The number of carbonyl (C=O) groups excluding carboxylic acids is 2. The molecule has 2 atom stereocenters. The maximum absolute atomic E-state index is 12.4. The highest BCUT2D eigenvalue weighted by atomic mass is 19.4. The average molecular weight is 397 g/mol. The summed E-state index contributed by atoms with van der Waals surface area (Å²) in [6, 6.07) is 3.27. The van der Waals surface area contributed by atoms with Gasteiger partial charge in [0.15, 0.2) is 11.3 Å². The number of fused-ring (bicyclic) bond motifs is 1. The van der Waals surface area contributed by atoms with E-state index in [-0.39, 0.29) is 23.6 Å². The first kappa shape index (κ1) is 20.1. The molecule has 1 aliphatic rings. The minimum atomic E-state index is -4.33. The predicted molar refractivity (Wildman–Crippen MR) is 94.5 cm³/mol. The summed E-state index contributed by atoms with van der Waals surface area (Å²) in [5.74, 6) is -0.761. The van der Waals surface area contributed by atoms with Crippen molar-refractivity contribution in [1.82, 2.24) is 25.2 Å². The van der Waals surface area contributed by atoms with Gasteiger partial charge in [-0.3, -0.25) is 9.59 Å². The Morgan fingerprint density at radius 3 is 2.86 bits per heavy atom. The van der Waals surface area contributed by atoms with Crippen molar-refractivity contribution < 1.29 is 22.8 Å². The second kappa shape index (κ2) is 8.57. The van der Waals surface area contributed by atoms with Crippen molar-refractivity contribution >= 4 is 17.5 Å². The molecule has 28 heavy (non-hydrogen) atoms. The minimum Gasteiger partial charge on any atom is -0.356 e. The average Bonchev–Trinajstić information content (AvgIpc) is 3.09. The second-order valence-electron chi connectivity index (χ2n) is 7.07. The smallest absolute Gasteiger partial charge is 0.356 e. The molecule has 2 N–H and O–H groups in total. The van der Waals surface area contributed by atoms with E-state index in [0.29, 0.717) is 18.6 Å². The predicted octanol–water partition coefficient (Wildman–Crippen LogP) is 2.48. The van der Waals surface area contributed by atoms with Gasteiger partial charge in [-0.1, -0.05) is 6.42 Å². The van der Waals surface area contributed by atoms with Crippen LogP contribution in [0.5, 0.6) is 0 Å². The Kier molecular flexibility index (Phi) is 6.15. The van der Waals surface area contributed by atoms with Gasteiger partial charge >= 0.3 is 6.18 Å². The topological polar surface area (TPSA) is 88.4 Å². The monoisotopic (exact) mass is 397 g/mol. The van der Waals surface area contributed by atoms with Gasteiger partial charge in [-0.05, 0) is 31.2 Å². The minimum absolute atomic E-state index is 0.0592. The van der Waals surface area contributed by atoms with Crippen molar-refractivity contribution in [3.8, 4) is 0 Å². The van der Waals surface area contributed by atoms with Gasteiger partial charge in [0.1, 0.15) is 0 Å². The molecule has 2 aromatic heterocycles. The summed E-state index contributed by atoms with van der Waals surface area (Å²) < 4.78 is 38.0. The number of aromatic nitrogens is 3. The Bertz CT molecular complexity index is 803. The fourth-order valence-electron chi connectivity index (χ4n) is 3.41. The van der Waals surface area contributed by atoms with Gasteiger partial charge in [0.2, 0.25) is 5.91 Å². The third-order valence-electron chi connectivity index (χ3n) is 4.81. The molecule has 1 aliphatic carbocycles. The van der Waals surface area contributed by atoms with E-state index in [1.807, 2.05) is 0 Å². The van der Waals surface area contributed by atoms with Crippen LogP contribution in [0.2, 0.25) is 0 Å². The number of halogens is 3. The summed E-state index contributed by atoms with van der Waals surface area (Å²) in [5, 5.41) is 9.72. The van der Waals surface area contributed by atoms with E-state index in [2.05, 4.69) is 20.7 Å². The van der Waals surface area contributed by atoms with Crippen molar-refractivity contribution in [1.29, 1.82) is 0 Å². The second-order valence-corrected chi connectivity index (χ2v) is 7.07. The molecule has 7 nitrogen and oxygen atoms in total. The zero-order chi connectivity index (χ0) is 20.1. The van der Waals surface area contributed by atoms with Crippen LogP contribution >= 0.6 is 0 Å². The molecule has 1 saturated carbocycles. The molecule has 0 spiro atoms. The molecule has 0 bridgehead atoms. The van der Waals surface area contributed by atoms with E-state index in [1.54, 1.807) is 24.5 Å². The molecule has 1 fully saturated rings. The Labute approximate surface area is 159 Å². The lowest BCUT2D eigenvalue weighted by Crippen LogP contribution is -2.41. The molecular weight excluding hydrogens is 375 g/mol. The number of hydrogen-bond donors (Lipinski definition) is 2. The molecule has 0 aliphatic heterocycles. The van der Waals surface area contributed by atoms with Crippen LogP contribution in [-0.2, 0) is 4.79 Å². The fraction of sp³-hybridized carbons (Fsp3) is 0.556. The lowest BCUT2D eigenvalue weighted by molar-refractivity contribution is -0.144. The number of carbonyl (C=O) groups is 2. The third kappa shape index (κ3) is 5.67. The molecule has 2 aromatic rings. The summed E-state index contributed by atoms with van der Waals surface area (Å²) in [7, 11) is 0. The van der Waals surface area contributed by atoms with E-state index in [4.69, 9.17) is 0 Å². The van der Waals surface area contributed by atoms with Crippen LogP contribution < -0.4 is 10.6 Å². The molecule has 2 amide bonds. The van der Waals surface area contributed by atoms with Crippen LogP contribution in [0.4, 0.5) is 13.2 Å². The molecule has 3 rings (SSSR count). The molecule has 152 valence electrons. The van der Waals surface area contributed by atoms with Crippen molar-refractivity contribution in [3.63, 3.8) is 0 Å². The summed E-state index contributed by atoms with van der Waals surface area (Å²) in [6.07, 6.45) is 0.543. The largest absolute Gasteiger partial charge is 0.389 e. The number of rotatable bonds is 6. The molecular formula is C18H22F3N5O2. The summed E-state index contributed by atoms with van der Waals surface area (Å²) in [6.45, 7) is 0.321. The highest BCUT2D eigenvalue weighted by Gasteiger charge is 2.28. The van der Waals surface area contributed by atoms with Gasteiger partial charge in [0.25, 0.3) is 5.91 Å². The van der Waals surface area contributed by atoms with Gasteiger partial charge in [-0.15, -0.1) is 0 Å². The van der Waals surface area contributed by atoms with E-state index in [0.717, 1.165) is 19.3 Å². The molecule has 0 radical (unpaired) electrons. The Morgan fingerprint density at radius 1 is 1.29 bits per heavy atom. The molecule has 0 saturated heterocycles. The first-order chi connectivity index (χ1) is 13.3. The number of amides is 2. The van der Waals surface area contributed by atoms with E-state index >= 15 is 0 Å². The lowest BCUT2D eigenvalue weighted by atomic mass is 9.85. The van der Waals surface area contributed by atoms with Crippen LogP contribution in [0.3, 0.4) is 0 Å². The lowest BCUT2D eigenvalue weighted by Gasteiger charge is -2.29. The highest BCUT2D eigenvalue weighted by molar-refractivity contribution is 5.93. The van der Waals surface area contributed by atoms with Crippen LogP contribution in [0, 0.1) is 5.92 Å². The van der Waals surface area contributed by atoms with E-state index < -0.39 is 24.9 Å². The Hall–Kier alpha value is -2.65. The van der Waals surface area contributed by atoms with E-state index in [9.17, 15) is 22.8 Å². The maximum atomic E-state index is 12.4. The Morgan fingerprint density at radius 2 is 2.11 bits per heavy atom. The number of nitrogens with one attached hydrogen (secondary N) is 2. The number of nitrogens with zero attached hydrogens (tertiary/aromatic N) is 3. The van der Waals surface area contributed by atoms with Crippen molar-refractivity contribution in [2.45, 2.75) is 50.7 Å². The van der Waals surface area contributed by atoms with Crippen molar-refractivity contribution in [2.24, 2.45) is 5.92 Å². The number of alkyl halides is 3. The molecule has 0 aromatic carbocycles. The van der Waals surface area contributed by atoms with Gasteiger partial charge in [0.05, 0.1) is 6.42 Å². The maximum Gasteiger partial charge on any atom is 0.389 e. The van der Waals surface area contributed by atoms with Crippen LogP contribution in [0.15, 0.2) is 24.5 Å². The van der Waals surface area contributed by atoms with E-state index in [1.165, 1.54) is 4.52 Å². The first-order valence-corrected chi connectivity index (χ1v) is 9.25. The summed E-state index contributed by atoms with van der Waals surface area (Å²) in [5.41, 5.74) is 0.858. The normalized spacial score (nSPS) is 20.1. The molecule has 10 heteroatoms. The van der Waals surface area contributed by atoms with Crippen molar-refractivity contribution in [2.75, 3.05) is 6.54 Å². The first-order valence-electron chi connectivity index (χ1n) is 9.25. The highest BCUT2D eigenvalue weighted by Crippen LogP contribution is 2.24. The third-order valence-corrected chi connectivity index (χ3v) is 4.81. The number of hydrogen-bond acceptors (Lipinski definition) is 4. The zero-order valence-electron chi connectivity index (χ0n) is 15.2. The zero-order valence-corrected chi connectivity index (χ0v) is 15.2. The standard InChI is InChI=1S/C18H22F3N5O2/c19-18(20,21)6-5-16(27)23-11-12-3-1-4-13(9-12)24-17(28)14-10-15-22-7-2-8-26(15)25-14/h2,7-8,10,12-13H,1,3-6,9,11H2,(H,23,27)(H,24,28)/t12-,13+/m1/s1.